The number of hydrogen-bond acceptors (Lipinski definition) is 4. The minimum atomic E-state index is -3.91. The van der Waals surface area contributed by atoms with Gasteiger partial charge >= 0.3 is 0 Å². The van der Waals surface area contributed by atoms with Crippen LogP contribution < -0.4 is 4.31 Å². The fraction of sp³-hybridized carbons (Fsp3) is 0.250. The second-order valence-corrected chi connectivity index (χ2v) is 9.64. The first-order chi connectivity index (χ1) is 14.8. The zero-order valence-corrected chi connectivity index (χ0v) is 19.0. The topological polar surface area (TPSA) is 67.6 Å². The van der Waals surface area contributed by atoms with Gasteiger partial charge in [0.25, 0.3) is 10.0 Å². The van der Waals surface area contributed by atoms with E-state index in [9.17, 15) is 8.42 Å². The molecule has 0 N–H and O–H groups in total. The molecule has 6 nitrogen and oxygen atoms in total. The molecule has 0 aliphatic rings. The molecule has 0 saturated heterocycles. The molecule has 0 fully saturated rings. The average Bonchev–Trinajstić information content (AvgIpc) is 3.17. The van der Waals surface area contributed by atoms with Crippen molar-refractivity contribution in [2.75, 3.05) is 4.31 Å². The summed E-state index contributed by atoms with van der Waals surface area (Å²) in [7, 11) is -3.91. The summed E-state index contributed by atoms with van der Waals surface area (Å²) in [5.74, 6) is 0.725. The number of anilines is 1. The van der Waals surface area contributed by atoms with Crippen LogP contribution in [0, 0.1) is 20.8 Å². The van der Waals surface area contributed by atoms with Gasteiger partial charge in [-0.25, -0.2) is 8.42 Å². The number of sulfonamides is 1. The molecule has 0 aliphatic carbocycles. The maximum Gasteiger partial charge on any atom is 0.268 e. The summed E-state index contributed by atoms with van der Waals surface area (Å²) >= 11 is 0. The van der Waals surface area contributed by atoms with Gasteiger partial charge in [-0.15, -0.1) is 10.2 Å². The molecule has 0 aliphatic heterocycles. The van der Waals surface area contributed by atoms with Crippen LogP contribution in [0.5, 0.6) is 0 Å². The minimum Gasteiger partial charge on any atom is -0.285 e. The highest BCUT2D eigenvalue weighted by Gasteiger charge is 2.29. The van der Waals surface area contributed by atoms with Crippen LogP contribution in [0.3, 0.4) is 0 Å². The van der Waals surface area contributed by atoms with Gasteiger partial charge in [0.15, 0.2) is 5.65 Å². The Morgan fingerprint density at radius 1 is 0.935 bits per heavy atom. The van der Waals surface area contributed by atoms with Gasteiger partial charge in [-0.2, -0.15) is 0 Å². The monoisotopic (exact) mass is 434 g/mol. The van der Waals surface area contributed by atoms with Crippen LogP contribution in [0.15, 0.2) is 65.7 Å². The fourth-order valence-corrected chi connectivity index (χ4v) is 5.24. The SMILES string of the molecule is CCc1nnc2c(S(=O)(=O)N(Cc3cccc(C)c3)c3ccc(C)c(C)c3)cccn12. The predicted octanol–water partition coefficient (Wildman–Crippen LogP) is 4.61. The third kappa shape index (κ3) is 3.93. The smallest absolute Gasteiger partial charge is 0.268 e. The second kappa shape index (κ2) is 8.15. The molecule has 0 atom stereocenters. The summed E-state index contributed by atoms with van der Waals surface area (Å²) in [6.45, 7) is 8.20. The first kappa shape index (κ1) is 21.1. The molecule has 31 heavy (non-hydrogen) atoms. The number of hydrogen-bond donors (Lipinski definition) is 0. The zero-order valence-electron chi connectivity index (χ0n) is 18.2. The summed E-state index contributed by atoms with van der Waals surface area (Å²) in [6, 6.07) is 17.0. The Morgan fingerprint density at radius 2 is 1.74 bits per heavy atom. The molecule has 0 bridgehead atoms. The molecule has 0 unspecified atom stereocenters. The predicted molar refractivity (Wildman–Crippen MR) is 123 cm³/mol. The third-order valence-corrected chi connectivity index (χ3v) is 7.34. The Bertz CT molecular complexity index is 1360. The van der Waals surface area contributed by atoms with E-state index in [4.69, 9.17) is 0 Å². The van der Waals surface area contributed by atoms with Gasteiger partial charge in [-0.05, 0) is 61.7 Å². The number of aromatic nitrogens is 3. The van der Waals surface area contributed by atoms with Crippen LogP contribution >= 0.6 is 0 Å². The van der Waals surface area contributed by atoms with Crippen LogP contribution in [0.1, 0.15) is 35.0 Å². The van der Waals surface area contributed by atoms with E-state index < -0.39 is 10.0 Å². The molecule has 4 aromatic rings. The lowest BCUT2D eigenvalue weighted by Gasteiger charge is -2.25. The lowest BCUT2D eigenvalue weighted by Crippen LogP contribution is -2.31. The Balaban J connectivity index is 1.89. The Labute approximate surface area is 183 Å². The molecule has 4 rings (SSSR count). The zero-order chi connectivity index (χ0) is 22.2. The molecule has 0 saturated carbocycles. The minimum absolute atomic E-state index is 0.146. The van der Waals surface area contributed by atoms with Crippen molar-refractivity contribution < 1.29 is 8.42 Å². The summed E-state index contributed by atoms with van der Waals surface area (Å²) in [6.07, 6.45) is 2.46. The average molecular weight is 435 g/mol. The first-order valence-electron chi connectivity index (χ1n) is 10.3. The molecular weight excluding hydrogens is 408 g/mol. The standard InChI is InChI=1S/C24H26N4O2S/c1-5-23-25-26-24-22(10-7-13-27(23)24)31(29,30)28(16-20-9-6-8-17(2)14-20)21-12-11-18(3)19(4)15-21/h6-15H,5,16H2,1-4H3. The third-order valence-electron chi connectivity index (χ3n) is 5.54. The van der Waals surface area contributed by atoms with E-state index in [1.165, 1.54) is 4.31 Å². The molecule has 2 aromatic heterocycles. The molecule has 7 heteroatoms. The highest BCUT2D eigenvalue weighted by molar-refractivity contribution is 7.93. The number of rotatable bonds is 6. The fourth-order valence-electron chi connectivity index (χ4n) is 3.67. The first-order valence-corrected chi connectivity index (χ1v) is 11.7. The summed E-state index contributed by atoms with van der Waals surface area (Å²) in [5, 5.41) is 8.36. The summed E-state index contributed by atoms with van der Waals surface area (Å²) in [5.41, 5.74) is 5.13. The van der Waals surface area contributed by atoms with Crippen LogP contribution in [-0.4, -0.2) is 23.0 Å². The lowest BCUT2D eigenvalue weighted by atomic mass is 10.1. The van der Waals surface area contributed by atoms with E-state index in [2.05, 4.69) is 10.2 Å². The Hall–Kier alpha value is -3.19. The summed E-state index contributed by atoms with van der Waals surface area (Å²) < 4.78 is 31.2. The van der Waals surface area contributed by atoms with Crippen molar-refractivity contribution in [2.45, 2.75) is 45.6 Å². The number of pyridine rings is 1. The highest BCUT2D eigenvalue weighted by Crippen LogP contribution is 2.29. The van der Waals surface area contributed by atoms with Crippen LogP contribution in [0.4, 0.5) is 5.69 Å². The number of fused-ring (bicyclic) bond motifs is 1. The highest BCUT2D eigenvalue weighted by atomic mass is 32.2. The van der Waals surface area contributed by atoms with E-state index in [0.717, 1.165) is 28.1 Å². The quantitative estimate of drug-likeness (QED) is 0.444. The second-order valence-electron chi connectivity index (χ2n) is 7.81. The van der Waals surface area contributed by atoms with Crippen molar-refractivity contribution in [3.63, 3.8) is 0 Å². The van der Waals surface area contributed by atoms with Crippen molar-refractivity contribution in [1.29, 1.82) is 0 Å². The Kier molecular flexibility index (Phi) is 5.54. The number of benzene rings is 2. The number of aryl methyl sites for hydroxylation is 4. The number of nitrogens with zero attached hydrogens (tertiary/aromatic N) is 4. The molecule has 2 heterocycles. The van der Waals surface area contributed by atoms with Gasteiger partial charge in [-0.3, -0.25) is 8.71 Å². The van der Waals surface area contributed by atoms with E-state index >= 15 is 0 Å². The van der Waals surface area contributed by atoms with E-state index in [1.54, 1.807) is 22.7 Å². The van der Waals surface area contributed by atoms with E-state index in [-0.39, 0.29) is 11.4 Å². The summed E-state index contributed by atoms with van der Waals surface area (Å²) in [4.78, 5) is 0.146. The van der Waals surface area contributed by atoms with Crippen molar-refractivity contribution in [3.05, 3.63) is 88.9 Å². The molecule has 0 amide bonds. The van der Waals surface area contributed by atoms with Crippen molar-refractivity contribution in [3.8, 4) is 0 Å². The molecule has 0 spiro atoms. The van der Waals surface area contributed by atoms with Crippen molar-refractivity contribution in [2.24, 2.45) is 0 Å². The largest absolute Gasteiger partial charge is 0.285 e. The van der Waals surface area contributed by atoms with Gasteiger partial charge in [0.05, 0.1) is 12.2 Å². The van der Waals surface area contributed by atoms with Gasteiger partial charge < -0.3 is 0 Å². The molecule has 160 valence electrons. The normalized spacial score (nSPS) is 11.7. The van der Waals surface area contributed by atoms with E-state index in [1.807, 2.05) is 70.2 Å². The maximum absolute atomic E-state index is 14.0. The van der Waals surface area contributed by atoms with Crippen molar-refractivity contribution in [1.82, 2.24) is 14.6 Å². The molecule has 0 radical (unpaired) electrons. The van der Waals surface area contributed by atoms with Gasteiger partial charge in [0, 0.05) is 12.6 Å². The van der Waals surface area contributed by atoms with Crippen LogP contribution in [0.2, 0.25) is 0 Å². The van der Waals surface area contributed by atoms with Gasteiger partial charge in [-0.1, -0.05) is 42.8 Å². The maximum atomic E-state index is 14.0. The lowest BCUT2D eigenvalue weighted by molar-refractivity contribution is 0.590. The van der Waals surface area contributed by atoms with Gasteiger partial charge in [0.1, 0.15) is 10.7 Å². The van der Waals surface area contributed by atoms with Crippen LogP contribution in [-0.2, 0) is 23.0 Å². The van der Waals surface area contributed by atoms with Gasteiger partial charge in [0.2, 0.25) is 0 Å². The van der Waals surface area contributed by atoms with Crippen molar-refractivity contribution >= 4 is 21.4 Å². The molecule has 2 aromatic carbocycles. The van der Waals surface area contributed by atoms with E-state index in [0.29, 0.717) is 17.8 Å². The molecular formula is C24H26N4O2S. The Morgan fingerprint density at radius 3 is 2.45 bits per heavy atom. The van der Waals surface area contributed by atoms with Crippen LogP contribution in [0.25, 0.3) is 5.65 Å².